The van der Waals surface area contributed by atoms with Crippen LogP contribution in [0, 0.1) is 10.1 Å². The number of rotatable bonds is 10. The molecule has 0 heterocycles. The first-order chi connectivity index (χ1) is 22.4. The number of hydrogen-bond acceptors (Lipinski definition) is 11. The number of nitro benzene ring substituents is 1. The number of hydrogen-bond donors (Lipinski definition) is 4. The van der Waals surface area contributed by atoms with E-state index in [0.717, 1.165) is 11.3 Å². The fourth-order valence-electron chi connectivity index (χ4n) is 3.63. The average molecular weight is 690 g/mol. The van der Waals surface area contributed by atoms with E-state index in [1.165, 1.54) is 62.8 Å². The second-order valence-corrected chi connectivity index (χ2v) is 10.00. The average Bonchev–Trinajstić information content (AvgIpc) is 3.06. The molecule has 0 atom stereocenters. The van der Waals surface area contributed by atoms with Gasteiger partial charge >= 0.3 is 12.2 Å². The van der Waals surface area contributed by atoms with Crippen molar-refractivity contribution in [2.75, 3.05) is 32.0 Å². The number of anilines is 2. The van der Waals surface area contributed by atoms with Crippen molar-refractivity contribution >= 4 is 52.5 Å². The summed E-state index contributed by atoms with van der Waals surface area (Å²) in [7, 11) is 4.35. The molecule has 0 aliphatic carbocycles. The molecule has 4 aromatic carbocycles. The summed E-state index contributed by atoms with van der Waals surface area (Å²) in [6.07, 6.45) is -1.48. The topological polar surface area (TPSA) is 188 Å². The van der Waals surface area contributed by atoms with Crippen molar-refractivity contribution in [1.82, 2.24) is 0 Å². The quantitative estimate of drug-likeness (QED) is 0.0952. The lowest BCUT2D eigenvalue weighted by atomic mass is 10.2. The van der Waals surface area contributed by atoms with Gasteiger partial charge in [-0.25, -0.2) is 9.59 Å². The predicted octanol–water partition coefficient (Wildman–Crippen LogP) is 7.52. The second kappa shape index (κ2) is 17.2. The van der Waals surface area contributed by atoms with Crippen molar-refractivity contribution in [3.63, 3.8) is 0 Å². The van der Waals surface area contributed by atoms with Crippen LogP contribution in [0.2, 0.25) is 10.0 Å². The van der Waals surface area contributed by atoms with Gasteiger partial charge in [-0.2, -0.15) is 0 Å². The zero-order chi connectivity index (χ0) is 34.5. The SMILES string of the molecule is COc1cc(Cl)c(NC(=O)OCc2ccc([N+](=O)[O-])cc2)cc1O.COc1ccc(COC(=O)Nc2cc(O)c(OC)cc2Cl)cc1. The first-order valence-electron chi connectivity index (χ1n) is 13.3. The van der Waals surface area contributed by atoms with Crippen LogP contribution in [0.4, 0.5) is 26.7 Å². The summed E-state index contributed by atoms with van der Waals surface area (Å²) in [5.41, 5.74) is 1.72. The van der Waals surface area contributed by atoms with E-state index < -0.39 is 17.1 Å². The highest BCUT2D eigenvalue weighted by atomic mass is 35.5. The molecule has 0 spiro atoms. The lowest BCUT2D eigenvalue weighted by Crippen LogP contribution is -2.13. The van der Waals surface area contributed by atoms with Gasteiger partial charge in [-0.15, -0.1) is 0 Å². The van der Waals surface area contributed by atoms with E-state index in [1.807, 2.05) is 0 Å². The number of nitrogens with one attached hydrogen (secondary N) is 2. The number of phenolic OH excluding ortho intramolecular Hbond substituents is 2. The summed E-state index contributed by atoms with van der Waals surface area (Å²) in [5.74, 6) is 0.783. The highest BCUT2D eigenvalue weighted by Gasteiger charge is 2.14. The molecule has 14 nitrogen and oxygen atoms in total. The van der Waals surface area contributed by atoms with Crippen LogP contribution >= 0.6 is 23.2 Å². The molecule has 0 bridgehead atoms. The number of aromatic hydroxyl groups is 2. The molecule has 248 valence electrons. The highest BCUT2D eigenvalue weighted by Crippen LogP contribution is 2.36. The Kier molecular flexibility index (Phi) is 13.1. The lowest BCUT2D eigenvalue weighted by Gasteiger charge is -2.11. The van der Waals surface area contributed by atoms with Gasteiger partial charge in [0.1, 0.15) is 19.0 Å². The van der Waals surface area contributed by atoms with Gasteiger partial charge in [-0.1, -0.05) is 35.3 Å². The number of nitro groups is 1. The molecule has 47 heavy (non-hydrogen) atoms. The number of amides is 2. The molecular weight excluding hydrogens is 661 g/mol. The van der Waals surface area contributed by atoms with Crippen LogP contribution < -0.4 is 24.8 Å². The number of benzene rings is 4. The second-order valence-electron chi connectivity index (χ2n) is 9.18. The van der Waals surface area contributed by atoms with E-state index in [-0.39, 0.29) is 63.3 Å². The van der Waals surface area contributed by atoms with E-state index in [2.05, 4.69) is 10.6 Å². The number of carbonyl (C=O) groups excluding carboxylic acids is 2. The van der Waals surface area contributed by atoms with Crippen LogP contribution in [0.5, 0.6) is 28.7 Å². The number of halogens is 2. The summed E-state index contributed by atoms with van der Waals surface area (Å²) in [5, 5.41) is 35.2. The maximum atomic E-state index is 11.8. The van der Waals surface area contributed by atoms with Gasteiger partial charge in [0.25, 0.3) is 5.69 Å². The molecule has 0 radical (unpaired) electrons. The molecule has 0 aliphatic rings. The van der Waals surface area contributed by atoms with Gasteiger partial charge in [0.15, 0.2) is 23.0 Å². The standard InChI is InChI=1S/C16H16ClNO5.C15H13ClN2O6/c1-21-11-5-3-10(4-6-11)9-23-16(20)18-13-8-14(19)15(22-2)7-12(13)17;1-23-14-6-11(16)12(7-13(14)19)17-15(20)24-8-9-2-4-10(5-3-9)18(21)22/h3-8,19H,9H2,1-2H3,(H,18,20);2-7,19H,8H2,1H3,(H,17,20). The van der Waals surface area contributed by atoms with E-state index in [0.29, 0.717) is 5.56 Å². The monoisotopic (exact) mass is 689 g/mol. The molecular formula is C31H29Cl2N3O11. The van der Waals surface area contributed by atoms with Gasteiger partial charge in [0.2, 0.25) is 0 Å². The third-order valence-electron chi connectivity index (χ3n) is 6.06. The van der Waals surface area contributed by atoms with Gasteiger partial charge in [-0.05, 0) is 35.4 Å². The van der Waals surface area contributed by atoms with Crippen LogP contribution in [0.15, 0.2) is 72.8 Å². The Hall–Kier alpha value is -5.60. The molecule has 4 N–H and O–H groups in total. The number of carbonyl (C=O) groups is 2. The third-order valence-corrected chi connectivity index (χ3v) is 6.68. The van der Waals surface area contributed by atoms with Crippen molar-refractivity contribution in [1.29, 1.82) is 0 Å². The Morgan fingerprint density at radius 1 is 0.702 bits per heavy atom. The third kappa shape index (κ3) is 10.8. The maximum absolute atomic E-state index is 11.8. The molecule has 0 aromatic heterocycles. The van der Waals surface area contributed by atoms with E-state index in [9.17, 15) is 29.9 Å². The van der Waals surface area contributed by atoms with Crippen molar-refractivity contribution in [2.45, 2.75) is 13.2 Å². The number of phenols is 2. The molecule has 0 unspecified atom stereocenters. The van der Waals surface area contributed by atoms with Crippen LogP contribution in [0.1, 0.15) is 11.1 Å². The molecule has 0 saturated heterocycles. The fourth-order valence-corrected chi connectivity index (χ4v) is 4.03. The van der Waals surface area contributed by atoms with Crippen molar-refractivity contribution < 1.29 is 48.4 Å². The number of nitrogens with zero attached hydrogens (tertiary/aromatic N) is 1. The van der Waals surface area contributed by atoms with Crippen LogP contribution in [-0.2, 0) is 22.7 Å². The van der Waals surface area contributed by atoms with E-state index in [4.69, 9.17) is 46.9 Å². The minimum atomic E-state index is -0.792. The zero-order valence-electron chi connectivity index (χ0n) is 25.1. The van der Waals surface area contributed by atoms with Crippen molar-refractivity contribution in [2.24, 2.45) is 0 Å². The largest absolute Gasteiger partial charge is 0.504 e. The van der Waals surface area contributed by atoms with Crippen LogP contribution in [-0.4, -0.2) is 48.7 Å². The van der Waals surface area contributed by atoms with Gasteiger partial charge in [0, 0.05) is 36.4 Å². The van der Waals surface area contributed by atoms with Crippen LogP contribution in [0.25, 0.3) is 0 Å². The van der Waals surface area contributed by atoms with Gasteiger partial charge in [0.05, 0.1) is 47.7 Å². The lowest BCUT2D eigenvalue weighted by molar-refractivity contribution is -0.384. The summed E-state index contributed by atoms with van der Waals surface area (Å²) in [4.78, 5) is 33.6. The summed E-state index contributed by atoms with van der Waals surface area (Å²) in [6, 6.07) is 18.0. The summed E-state index contributed by atoms with van der Waals surface area (Å²) < 4.78 is 24.9. The molecule has 0 aliphatic heterocycles. The Labute approximate surface area is 278 Å². The zero-order valence-corrected chi connectivity index (χ0v) is 26.6. The highest BCUT2D eigenvalue weighted by molar-refractivity contribution is 6.34. The number of non-ortho nitro benzene ring substituents is 1. The van der Waals surface area contributed by atoms with Crippen molar-refractivity contribution in [3.05, 3.63) is 104 Å². The Morgan fingerprint density at radius 3 is 1.47 bits per heavy atom. The maximum Gasteiger partial charge on any atom is 0.412 e. The Morgan fingerprint density at radius 2 is 1.11 bits per heavy atom. The molecule has 2 amide bonds. The summed E-state index contributed by atoms with van der Waals surface area (Å²) in [6.45, 7) is 0.0131. The fraction of sp³-hybridized carbons (Fsp3) is 0.161. The van der Waals surface area contributed by atoms with E-state index >= 15 is 0 Å². The Bertz CT molecular complexity index is 1700. The van der Waals surface area contributed by atoms with E-state index in [1.54, 1.807) is 31.4 Å². The minimum Gasteiger partial charge on any atom is -0.504 e. The molecule has 0 saturated carbocycles. The first kappa shape index (κ1) is 35.9. The molecule has 4 aromatic rings. The van der Waals surface area contributed by atoms with Crippen LogP contribution in [0.3, 0.4) is 0 Å². The molecule has 0 fully saturated rings. The smallest absolute Gasteiger partial charge is 0.412 e. The number of ether oxygens (including phenoxy) is 5. The van der Waals surface area contributed by atoms with Gasteiger partial charge in [-0.3, -0.25) is 20.7 Å². The first-order valence-corrected chi connectivity index (χ1v) is 14.1. The Balaban J connectivity index is 0.000000256. The van der Waals surface area contributed by atoms with Gasteiger partial charge < -0.3 is 33.9 Å². The molecule has 16 heteroatoms. The normalized spacial score (nSPS) is 10.1. The van der Waals surface area contributed by atoms with Crippen molar-refractivity contribution in [3.8, 4) is 28.7 Å². The predicted molar refractivity (Wildman–Crippen MR) is 173 cm³/mol. The molecule has 4 rings (SSSR count). The minimum absolute atomic E-state index is 0.0521. The summed E-state index contributed by atoms with van der Waals surface area (Å²) >= 11 is 12.0. The number of methoxy groups -OCH3 is 3.